The molecule has 1 saturated heterocycles. The Bertz CT molecular complexity index is 682. The Hall–Kier alpha value is -1.30. The molecule has 1 saturated carbocycles. The number of rotatable bonds is 4. The van der Waals surface area contributed by atoms with E-state index >= 15 is 0 Å². The van der Waals surface area contributed by atoms with Gasteiger partial charge in [0.25, 0.3) is 0 Å². The van der Waals surface area contributed by atoms with Crippen LogP contribution in [0.1, 0.15) is 56.4 Å². The summed E-state index contributed by atoms with van der Waals surface area (Å²) in [5.74, 6) is -0.721. The van der Waals surface area contributed by atoms with E-state index in [0.717, 1.165) is 24.8 Å². The van der Waals surface area contributed by atoms with Gasteiger partial charge in [0.2, 0.25) is 5.91 Å². The highest BCUT2D eigenvalue weighted by atomic mass is 35.5. The summed E-state index contributed by atoms with van der Waals surface area (Å²) in [4.78, 5) is 26.1. The zero-order valence-electron chi connectivity index (χ0n) is 15.2. The fraction of sp³-hybridized carbons (Fsp3) is 0.600. The summed E-state index contributed by atoms with van der Waals surface area (Å²) in [5, 5.41) is 11.9. The molecule has 0 radical (unpaired) electrons. The van der Waals surface area contributed by atoms with Gasteiger partial charge in [0.15, 0.2) is 0 Å². The van der Waals surface area contributed by atoms with Crippen molar-refractivity contribution in [3.63, 3.8) is 0 Å². The van der Waals surface area contributed by atoms with Crippen LogP contribution in [0.25, 0.3) is 0 Å². The van der Waals surface area contributed by atoms with Crippen LogP contribution >= 0.6 is 23.2 Å². The molecule has 1 aromatic carbocycles. The van der Waals surface area contributed by atoms with Gasteiger partial charge >= 0.3 is 5.43 Å². The minimum absolute atomic E-state index is 0.0858. The lowest BCUT2D eigenvalue weighted by molar-refractivity contribution is -0.143. The van der Waals surface area contributed by atoms with Crippen molar-refractivity contribution in [1.29, 1.82) is 0 Å². The van der Waals surface area contributed by atoms with Crippen molar-refractivity contribution in [2.24, 2.45) is 0 Å². The number of benzene rings is 1. The Balaban J connectivity index is 1.80. The zero-order valence-corrected chi connectivity index (χ0v) is 16.7. The number of ether oxygens (including phenoxy) is 1. The van der Waals surface area contributed by atoms with Crippen LogP contribution in [-0.2, 0) is 9.53 Å². The largest absolute Gasteiger partial charge is 0.450 e. The minimum Gasteiger partial charge on any atom is -0.450 e. The standard InChI is InChI=1S/C20H25Cl2NO4/c21-15-6-4-5-14(13-15)17(20(26)9-2-1-3-10-20)18(24)23-11-7-16(8-12-23)27-19(22)25/h4-6,13,16-17,26H,1-3,7-12H2. The summed E-state index contributed by atoms with van der Waals surface area (Å²) in [6.45, 7) is 0.946. The number of carbonyl (C=O) groups excluding carboxylic acids is 2. The lowest BCUT2D eigenvalue weighted by Crippen LogP contribution is -2.50. The van der Waals surface area contributed by atoms with Crippen LogP contribution in [0.4, 0.5) is 4.79 Å². The zero-order chi connectivity index (χ0) is 19.4. The number of nitrogens with zero attached hydrogens (tertiary/aromatic N) is 1. The fourth-order valence-electron chi connectivity index (χ4n) is 4.33. The first-order chi connectivity index (χ1) is 12.9. The van der Waals surface area contributed by atoms with Gasteiger partial charge < -0.3 is 14.7 Å². The van der Waals surface area contributed by atoms with Crippen molar-refractivity contribution in [3.8, 4) is 0 Å². The Morgan fingerprint density at radius 1 is 1.19 bits per heavy atom. The molecule has 148 valence electrons. The maximum Gasteiger partial charge on any atom is 0.404 e. The first-order valence-corrected chi connectivity index (χ1v) is 10.3. The predicted molar refractivity (Wildman–Crippen MR) is 104 cm³/mol. The maximum absolute atomic E-state index is 13.4. The summed E-state index contributed by atoms with van der Waals surface area (Å²) in [7, 11) is 0. The van der Waals surface area contributed by atoms with E-state index in [0.29, 0.717) is 43.8 Å². The van der Waals surface area contributed by atoms with Gasteiger partial charge in [0.05, 0.1) is 11.5 Å². The molecule has 2 aliphatic rings. The number of hydrogen-bond acceptors (Lipinski definition) is 4. The number of hydrogen-bond donors (Lipinski definition) is 1. The van der Waals surface area contributed by atoms with Gasteiger partial charge in [-0.15, -0.1) is 0 Å². The monoisotopic (exact) mass is 413 g/mol. The van der Waals surface area contributed by atoms with E-state index in [4.69, 9.17) is 27.9 Å². The molecular weight excluding hydrogens is 389 g/mol. The Morgan fingerprint density at radius 3 is 2.44 bits per heavy atom. The van der Waals surface area contributed by atoms with Gasteiger partial charge in [0, 0.05) is 42.6 Å². The number of aliphatic hydroxyl groups is 1. The van der Waals surface area contributed by atoms with Crippen LogP contribution in [0, 0.1) is 0 Å². The van der Waals surface area contributed by atoms with Crippen LogP contribution in [0.3, 0.4) is 0 Å². The second kappa shape index (κ2) is 8.80. The molecular formula is C20H25Cl2NO4. The first kappa shape index (κ1) is 20.4. The van der Waals surface area contributed by atoms with Gasteiger partial charge in [-0.1, -0.05) is 43.0 Å². The molecule has 1 N–H and O–H groups in total. The third-order valence-corrected chi connectivity index (χ3v) is 6.02. The topological polar surface area (TPSA) is 66.8 Å². The highest BCUT2D eigenvalue weighted by Gasteiger charge is 2.45. The number of amides is 1. The molecule has 0 spiro atoms. The summed E-state index contributed by atoms with van der Waals surface area (Å²) in [6, 6.07) is 7.22. The molecule has 1 aliphatic heterocycles. The van der Waals surface area contributed by atoms with Crippen LogP contribution in [-0.4, -0.2) is 46.1 Å². The van der Waals surface area contributed by atoms with E-state index in [1.54, 1.807) is 17.0 Å². The minimum atomic E-state index is -1.06. The SMILES string of the molecule is O=C(Cl)OC1CCN(C(=O)C(c2cccc(Cl)c2)C2(O)CCCCC2)CC1. The normalized spacial score (nSPS) is 21.5. The molecule has 0 bridgehead atoms. The first-order valence-electron chi connectivity index (χ1n) is 9.52. The molecule has 5 nitrogen and oxygen atoms in total. The van der Waals surface area contributed by atoms with E-state index in [1.807, 2.05) is 12.1 Å². The number of piperidine rings is 1. The number of likely N-dealkylation sites (tertiary alicyclic amines) is 1. The van der Waals surface area contributed by atoms with Crippen LogP contribution in [0.15, 0.2) is 24.3 Å². The maximum atomic E-state index is 13.4. The molecule has 1 atom stereocenters. The molecule has 1 aliphatic carbocycles. The lowest BCUT2D eigenvalue weighted by Gasteiger charge is -2.42. The van der Waals surface area contributed by atoms with Gasteiger partial charge in [-0.2, -0.15) is 0 Å². The summed E-state index contributed by atoms with van der Waals surface area (Å²) >= 11 is 11.5. The predicted octanol–water partition coefficient (Wildman–Crippen LogP) is 4.49. The van der Waals surface area contributed by atoms with Gasteiger partial charge in [0.1, 0.15) is 6.10 Å². The van der Waals surface area contributed by atoms with E-state index in [2.05, 4.69) is 0 Å². The highest BCUT2D eigenvalue weighted by molar-refractivity contribution is 6.61. The molecule has 1 aromatic rings. The van der Waals surface area contributed by atoms with E-state index < -0.39 is 16.9 Å². The molecule has 1 heterocycles. The van der Waals surface area contributed by atoms with Crippen LogP contribution in [0.2, 0.25) is 5.02 Å². The van der Waals surface area contributed by atoms with Crippen molar-refractivity contribution in [1.82, 2.24) is 4.90 Å². The van der Waals surface area contributed by atoms with Crippen molar-refractivity contribution < 1.29 is 19.4 Å². The molecule has 2 fully saturated rings. The number of carbonyl (C=O) groups is 2. The average molecular weight is 414 g/mol. The Morgan fingerprint density at radius 2 is 1.85 bits per heavy atom. The molecule has 1 unspecified atom stereocenters. The third kappa shape index (κ3) is 4.95. The van der Waals surface area contributed by atoms with Crippen molar-refractivity contribution in [3.05, 3.63) is 34.9 Å². The summed E-state index contributed by atoms with van der Waals surface area (Å²) in [5.41, 5.74) is -1.11. The van der Waals surface area contributed by atoms with Crippen molar-refractivity contribution >= 4 is 34.5 Å². The van der Waals surface area contributed by atoms with E-state index in [1.165, 1.54) is 0 Å². The molecule has 7 heteroatoms. The van der Waals surface area contributed by atoms with Crippen molar-refractivity contribution in [2.75, 3.05) is 13.1 Å². The Kier molecular flexibility index (Phi) is 6.66. The van der Waals surface area contributed by atoms with Crippen LogP contribution in [0.5, 0.6) is 0 Å². The third-order valence-electron chi connectivity index (χ3n) is 5.70. The molecule has 27 heavy (non-hydrogen) atoms. The van der Waals surface area contributed by atoms with Crippen LogP contribution < -0.4 is 0 Å². The molecule has 0 aromatic heterocycles. The van der Waals surface area contributed by atoms with E-state index in [-0.39, 0.29) is 12.0 Å². The van der Waals surface area contributed by atoms with Gasteiger partial charge in [-0.3, -0.25) is 4.79 Å². The van der Waals surface area contributed by atoms with E-state index in [9.17, 15) is 14.7 Å². The molecule has 1 amide bonds. The lowest BCUT2D eigenvalue weighted by atomic mass is 9.72. The number of halogens is 2. The molecule has 3 rings (SSSR count). The highest BCUT2D eigenvalue weighted by Crippen LogP contribution is 2.42. The summed E-state index contributed by atoms with van der Waals surface area (Å²) < 4.78 is 5.04. The Labute approximate surface area is 169 Å². The second-order valence-corrected chi connectivity index (χ2v) is 8.28. The van der Waals surface area contributed by atoms with Gasteiger partial charge in [-0.05, 0) is 30.5 Å². The smallest absolute Gasteiger partial charge is 0.404 e. The fourth-order valence-corrected chi connectivity index (χ4v) is 4.65. The van der Waals surface area contributed by atoms with Gasteiger partial charge in [-0.25, -0.2) is 4.79 Å². The second-order valence-electron chi connectivity index (χ2n) is 7.53. The average Bonchev–Trinajstić information content (AvgIpc) is 2.62. The quantitative estimate of drug-likeness (QED) is 0.738. The summed E-state index contributed by atoms with van der Waals surface area (Å²) in [6.07, 6.45) is 4.95. The van der Waals surface area contributed by atoms with Crippen molar-refractivity contribution in [2.45, 2.75) is 62.6 Å².